The highest BCUT2D eigenvalue weighted by atomic mass is 16.4. The molecule has 1 saturated carbocycles. The Hall–Kier alpha value is -2.14. The van der Waals surface area contributed by atoms with Gasteiger partial charge < -0.3 is 5.11 Å². The van der Waals surface area contributed by atoms with E-state index in [4.69, 9.17) is 5.11 Å². The van der Waals surface area contributed by atoms with Gasteiger partial charge in [0.15, 0.2) is 0 Å². The maximum atomic E-state index is 11.0. The normalized spacial score (nSPS) is 20.5. The number of rotatable bonds is 4. The fraction of sp³-hybridized carbons (Fsp3) is 0.500. The number of nitrogens with zero attached hydrogens (tertiary/aromatic N) is 3. The molecule has 25 heavy (non-hydrogen) atoms. The number of piperidine rings is 1. The minimum atomic E-state index is -0.614. The molecule has 1 saturated heterocycles. The minimum absolute atomic E-state index is 0.0982. The molecule has 132 valence electrons. The molecule has 4 rings (SSSR count). The van der Waals surface area contributed by atoms with Gasteiger partial charge in [0.1, 0.15) is 0 Å². The zero-order valence-corrected chi connectivity index (χ0v) is 14.7. The summed E-state index contributed by atoms with van der Waals surface area (Å²) >= 11 is 0. The van der Waals surface area contributed by atoms with Crippen LogP contribution in [0.3, 0.4) is 0 Å². The maximum absolute atomic E-state index is 11.0. The van der Waals surface area contributed by atoms with Gasteiger partial charge in [-0.05, 0) is 62.7 Å². The van der Waals surface area contributed by atoms with Crippen LogP contribution in [-0.2, 0) is 11.3 Å². The monoisotopic (exact) mass is 339 g/mol. The third kappa shape index (κ3) is 3.21. The van der Waals surface area contributed by atoms with Crippen molar-refractivity contribution in [2.24, 2.45) is 11.3 Å². The summed E-state index contributed by atoms with van der Waals surface area (Å²) in [6.45, 7) is 5.14. The minimum Gasteiger partial charge on any atom is -0.481 e. The van der Waals surface area contributed by atoms with E-state index < -0.39 is 5.97 Å². The molecule has 2 fully saturated rings. The molecule has 1 aliphatic carbocycles. The molecule has 5 heteroatoms. The molecule has 1 spiro atoms. The Bertz CT molecular complexity index is 767. The Morgan fingerprint density at radius 3 is 2.68 bits per heavy atom. The van der Waals surface area contributed by atoms with Crippen LogP contribution in [0.15, 0.2) is 36.7 Å². The Kier molecular flexibility index (Phi) is 4.12. The molecule has 1 aromatic carbocycles. The van der Waals surface area contributed by atoms with Crippen molar-refractivity contribution >= 4 is 5.97 Å². The summed E-state index contributed by atoms with van der Waals surface area (Å²) in [5, 5.41) is 13.6. The van der Waals surface area contributed by atoms with Gasteiger partial charge in [0.25, 0.3) is 0 Å². The first-order chi connectivity index (χ1) is 12.0. The van der Waals surface area contributed by atoms with E-state index in [9.17, 15) is 4.79 Å². The highest BCUT2D eigenvalue weighted by Gasteiger charge is 2.48. The van der Waals surface area contributed by atoms with Crippen molar-refractivity contribution in [3.8, 4) is 5.69 Å². The summed E-state index contributed by atoms with van der Waals surface area (Å²) in [6.07, 6.45) is 8.09. The summed E-state index contributed by atoms with van der Waals surface area (Å²) in [4.78, 5) is 13.5. The van der Waals surface area contributed by atoms with Crippen molar-refractivity contribution in [3.05, 3.63) is 47.8 Å². The van der Waals surface area contributed by atoms with Gasteiger partial charge in [0.2, 0.25) is 0 Å². The quantitative estimate of drug-likeness (QED) is 0.929. The molecule has 2 aromatic rings. The second-order valence-corrected chi connectivity index (χ2v) is 7.80. The van der Waals surface area contributed by atoms with Crippen molar-refractivity contribution in [1.82, 2.24) is 14.7 Å². The van der Waals surface area contributed by atoms with E-state index in [1.54, 1.807) is 0 Å². The van der Waals surface area contributed by atoms with Crippen LogP contribution in [0, 0.1) is 18.3 Å². The van der Waals surface area contributed by atoms with Crippen molar-refractivity contribution < 1.29 is 9.90 Å². The van der Waals surface area contributed by atoms with E-state index in [1.165, 1.54) is 11.1 Å². The van der Waals surface area contributed by atoms with Gasteiger partial charge in [-0.25, -0.2) is 4.68 Å². The van der Waals surface area contributed by atoms with E-state index in [0.29, 0.717) is 5.41 Å². The highest BCUT2D eigenvalue weighted by Crippen LogP contribution is 2.52. The van der Waals surface area contributed by atoms with E-state index in [1.807, 2.05) is 23.0 Å². The number of carboxylic acid groups (broad SMARTS) is 1. The third-order valence-corrected chi connectivity index (χ3v) is 6.03. The molecule has 1 aromatic heterocycles. The highest BCUT2D eigenvalue weighted by molar-refractivity contribution is 5.71. The molecule has 5 nitrogen and oxygen atoms in total. The zero-order valence-electron chi connectivity index (χ0n) is 14.7. The number of likely N-dealkylation sites (tertiary alicyclic amines) is 1. The molecule has 0 radical (unpaired) electrons. The molecule has 0 amide bonds. The number of aromatic nitrogens is 2. The van der Waals surface area contributed by atoms with Crippen molar-refractivity contribution in [1.29, 1.82) is 0 Å². The molecule has 1 aliphatic heterocycles. The van der Waals surface area contributed by atoms with Crippen LogP contribution in [0.25, 0.3) is 5.69 Å². The summed E-state index contributed by atoms with van der Waals surface area (Å²) in [7, 11) is 0. The molecular weight excluding hydrogens is 314 g/mol. The fourth-order valence-electron chi connectivity index (χ4n) is 4.41. The number of para-hydroxylation sites is 1. The largest absolute Gasteiger partial charge is 0.481 e. The number of aliphatic carboxylic acids is 1. The van der Waals surface area contributed by atoms with Gasteiger partial charge >= 0.3 is 5.97 Å². The predicted octanol–water partition coefficient (Wildman–Crippen LogP) is 3.26. The van der Waals surface area contributed by atoms with Crippen LogP contribution in [0.4, 0.5) is 0 Å². The Morgan fingerprint density at radius 1 is 1.28 bits per heavy atom. The molecule has 0 bridgehead atoms. The summed E-state index contributed by atoms with van der Waals surface area (Å²) in [5.41, 5.74) is 3.89. The van der Waals surface area contributed by atoms with Crippen LogP contribution < -0.4 is 0 Å². The summed E-state index contributed by atoms with van der Waals surface area (Å²) in [6, 6.07) is 8.27. The van der Waals surface area contributed by atoms with Crippen molar-refractivity contribution in [2.45, 2.75) is 39.2 Å². The van der Waals surface area contributed by atoms with E-state index in [2.05, 4.69) is 35.3 Å². The topological polar surface area (TPSA) is 58.4 Å². The van der Waals surface area contributed by atoms with Gasteiger partial charge in [-0.3, -0.25) is 9.69 Å². The first-order valence-electron chi connectivity index (χ1n) is 9.09. The molecule has 2 aliphatic rings. The maximum Gasteiger partial charge on any atom is 0.306 e. The molecule has 1 N–H and O–H groups in total. The summed E-state index contributed by atoms with van der Waals surface area (Å²) in [5.74, 6) is -0.712. The predicted molar refractivity (Wildman–Crippen MR) is 95.6 cm³/mol. The molecular formula is C20H25N3O2. The number of hydrogen-bond donors (Lipinski definition) is 1. The van der Waals surface area contributed by atoms with Gasteiger partial charge in [-0.15, -0.1) is 0 Å². The van der Waals surface area contributed by atoms with Crippen molar-refractivity contribution in [2.75, 3.05) is 13.1 Å². The average Bonchev–Trinajstić information content (AvgIpc) is 3.02. The zero-order chi connectivity index (χ0) is 17.4. The number of carbonyl (C=O) groups is 1. The first-order valence-corrected chi connectivity index (χ1v) is 9.09. The average molecular weight is 339 g/mol. The second kappa shape index (κ2) is 6.30. The molecule has 0 unspecified atom stereocenters. The summed E-state index contributed by atoms with van der Waals surface area (Å²) < 4.78 is 1.96. The van der Waals surface area contributed by atoms with Crippen LogP contribution in [-0.4, -0.2) is 38.8 Å². The fourth-order valence-corrected chi connectivity index (χ4v) is 4.41. The Morgan fingerprint density at radius 2 is 2.00 bits per heavy atom. The molecule has 0 atom stereocenters. The van der Waals surface area contributed by atoms with E-state index in [-0.39, 0.29) is 5.92 Å². The van der Waals surface area contributed by atoms with Gasteiger partial charge in [-0.1, -0.05) is 18.2 Å². The lowest BCUT2D eigenvalue weighted by Crippen LogP contribution is -2.48. The Labute approximate surface area is 148 Å². The molecule has 2 heterocycles. The van der Waals surface area contributed by atoms with E-state index in [0.717, 1.165) is 51.0 Å². The number of carboxylic acids is 1. The van der Waals surface area contributed by atoms with Gasteiger partial charge in [0, 0.05) is 18.3 Å². The SMILES string of the molecule is Cc1ccccc1-n1cc(CN2CCC3(CC2)CC(C(=O)O)C3)cn1. The first kappa shape index (κ1) is 16.3. The van der Waals surface area contributed by atoms with Gasteiger partial charge in [0.05, 0.1) is 17.8 Å². The lowest BCUT2D eigenvalue weighted by molar-refractivity contribution is -0.152. The van der Waals surface area contributed by atoms with Gasteiger partial charge in [-0.2, -0.15) is 5.10 Å². The standard InChI is InChI=1S/C20H25N3O2/c1-15-4-2-3-5-18(15)23-14-16(12-21-23)13-22-8-6-20(7-9-22)10-17(11-20)19(24)25/h2-5,12,14,17H,6-11,13H2,1H3,(H,24,25). The third-order valence-electron chi connectivity index (χ3n) is 6.03. The lowest BCUT2D eigenvalue weighted by Gasteiger charge is -2.51. The van der Waals surface area contributed by atoms with Crippen molar-refractivity contribution in [3.63, 3.8) is 0 Å². The van der Waals surface area contributed by atoms with Crippen LogP contribution in [0.1, 0.15) is 36.8 Å². The Balaban J connectivity index is 1.34. The number of benzene rings is 1. The number of hydrogen-bond acceptors (Lipinski definition) is 3. The van der Waals surface area contributed by atoms with E-state index >= 15 is 0 Å². The van der Waals surface area contributed by atoms with Crippen LogP contribution >= 0.6 is 0 Å². The van der Waals surface area contributed by atoms with Crippen LogP contribution in [0.2, 0.25) is 0 Å². The number of aryl methyl sites for hydroxylation is 1. The second-order valence-electron chi connectivity index (χ2n) is 7.80. The van der Waals surface area contributed by atoms with Crippen LogP contribution in [0.5, 0.6) is 0 Å². The smallest absolute Gasteiger partial charge is 0.306 e. The lowest BCUT2D eigenvalue weighted by atomic mass is 9.57.